The van der Waals surface area contributed by atoms with Crippen molar-refractivity contribution in [3.05, 3.63) is 71.8 Å². The lowest BCUT2D eigenvalue weighted by Crippen LogP contribution is -2.47. The lowest BCUT2D eigenvalue weighted by Gasteiger charge is -2.20. The second kappa shape index (κ2) is 11.5. The summed E-state index contributed by atoms with van der Waals surface area (Å²) in [6, 6.07) is 18.7. The molecule has 0 saturated carbocycles. The maximum absolute atomic E-state index is 12.7. The molecule has 0 radical (unpaired) electrons. The van der Waals surface area contributed by atoms with E-state index in [0.29, 0.717) is 5.13 Å². The van der Waals surface area contributed by atoms with Gasteiger partial charge in [0.2, 0.25) is 11.0 Å². The van der Waals surface area contributed by atoms with Gasteiger partial charge >= 0.3 is 6.09 Å². The minimum atomic E-state index is -0.757. The largest absolute Gasteiger partial charge is 0.445 e. The van der Waals surface area contributed by atoms with Crippen LogP contribution >= 0.6 is 23.1 Å². The number of anilines is 1. The Bertz CT molecular complexity index is 981. The van der Waals surface area contributed by atoms with Gasteiger partial charge < -0.3 is 10.1 Å². The van der Waals surface area contributed by atoms with Crippen LogP contribution in [0.1, 0.15) is 25.0 Å². The highest BCUT2D eigenvalue weighted by atomic mass is 32.2. The summed E-state index contributed by atoms with van der Waals surface area (Å²) in [7, 11) is 0. The standard InChI is InChI=1S/C22H24N4O3S2/c1-15(2)18(23-21(28)29-13-16-9-5-3-6-10-16)19(27)24-20-25-26-22(31-20)30-14-17-11-7-4-8-12-17/h3-12,15,18H,13-14H2,1-2H3,(H,23,28)(H,24,25,27). The van der Waals surface area contributed by atoms with Crippen molar-refractivity contribution in [2.45, 2.75) is 36.6 Å². The Kier molecular flexibility index (Phi) is 8.43. The predicted molar refractivity (Wildman–Crippen MR) is 123 cm³/mol. The number of nitrogens with zero attached hydrogens (tertiary/aromatic N) is 2. The summed E-state index contributed by atoms with van der Waals surface area (Å²) in [6.07, 6.45) is -0.644. The van der Waals surface area contributed by atoms with Crippen LogP contribution < -0.4 is 10.6 Å². The first kappa shape index (κ1) is 22.8. The number of carbonyl (C=O) groups excluding carboxylic acids is 2. The molecule has 31 heavy (non-hydrogen) atoms. The number of hydrogen-bond acceptors (Lipinski definition) is 7. The van der Waals surface area contributed by atoms with Gasteiger partial charge in [0.15, 0.2) is 4.34 Å². The molecule has 1 unspecified atom stereocenters. The SMILES string of the molecule is CC(C)C(NC(=O)OCc1ccccc1)C(=O)Nc1nnc(SCc2ccccc2)s1. The Morgan fingerprint density at radius 3 is 2.29 bits per heavy atom. The second-order valence-electron chi connectivity index (χ2n) is 7.06. The molecule has 2 aromatic carbocycles. The van der Waals surface area contributed by atoms with Crippen molar-refractivity contribution >= 4 is 40.2 Å². The third-order valence-electron chi connectivity index (χ3n) is 4.28. The maximum atomic E-state index is 12.7. The van der Waals surface area contributed by atoms with Crippen LogP contribution in [0.2, 0.25) is 0 Å². The molecule has 9 heteroatoms. The lowest BCUT2D eigenvalue weighted by atomic mass is 10.0. The topological polar surface area (TPSA) is 93.2 Å². The molecule has 0 aliphatic heterocycles. The molecule has 2 amide bonds. The number of rotatable bonds is 9. The number of nitrogens with one attached hydrogen (secondary N) is 2. The van der Waals surface area contributed by atoms with Crippen LogP contribution in [0, 0.1) is 5.92 Å². The van der Waals surface area contributed by atoms with Crippen LogP contribution in [0.4, 0.5) is 9.93 Å². The van der Waals surface area contributed by atoms with Crippen molar-refractivity contribution < 1.29 is 14.3 Å². The van der Waals surface area contributed by atoms with E-state index in [9.17, 15) is 9.59 Å². The number of aromatic nitrogens is 2. The van der Waals surface area contributed by atoms with E-state index in [1.807, 2.05) is 74.5 Å². The molecule has 1 aromatic heterocycles. The van der Waals surface area contributed by atoms with Gasteiger partial charge in [-0.25, -0.2) is 4.79 Å². The van der Waals surface area contributed by atoms with Crippen LogP contribution in [-0.4, -0.2) is 28.2 Å². The van der Waals surface area contributed by atoms with E-state index in [2.05, 4.69) is 20.8 Å². The van der Waals surface area contributed by atoms with Crippen molar-refractivity contribution in [3.8, 4) is 0 Å². The fourth-order valence-electron chi connectivity index (χ4n) is 2.65. The average Bonchev–Trinajstić information content (AvgIpc) is 3.23. The number of ether oxygens (including phenoxy) is 1. The van der Waals surface area contributed by atoms with E-state index in [0.717, 1.165) is 15.7 Å². The van der Waals surface area contributed by atoms with E-state index in [4.69, 9.17) is 4.74 Å². The summed E-state index contributed by atoms with van der Waals surface area (Å²) >= 11 is 2.86. The van der Waals surface area contributed by atoms with Gasteiger partial charge in [0.25, 0.3) is 0 Å². The van der Waals surface area contributed by atoms with Crippen molar-refractivity contribution in [2.75, 3.05) is 5.32 Å². The third kappa shape index (κ3) is 7.37. The highest BCUT2D eigenvalue weighted by Gasteiger charge is 2.26. The van der Waals surface area contributed by atoms with E-state index >= 15 is 0 Å². The zero-order chi connectivity index (χ0) is 22.1. The molecule has 0 bridgehead atoms. The lowest BCUT2D eigenvalue weighted by molar-refractivity contribution is -0.119. The summed E-state index contributed by atoms with van der Waals surface area (Å²) in [5, 5.41) is 13.9. The Balaban J connectivity index is 1.50. The molecular weight excluding hydrogens is 432 g/mol. The molecule has 1 heterocycles. The Morgan fingerprint density at radius 1 is 1.00 bits per heavy atom. The minimum Gasteiger partial charge on any atom is -0.445 e. The van der Waals surface area contributed by atoms with Crippen molar-refractivity contribution in [1.82, 2.24) is 15.5 Å². The predicted octanol–water partition coefficient (Wildman–Crippen LogP) is 4.72. The Hall–Kier alpha value is -2.91. The highest BCUT2D eigenvalue weighted by molar-refractivity contribution is 8.00. The summed E-state index contributed by atoms with van der Waals surface area (Å²) in [5.74, 6) is 0.277. The Labute approximate surface area is 189 Å². The molecule has 3 aromatic rings. The highest BCUT2D eigenvalue weighted by Crippen LogP contribution is 2.28. The molecule has 0 aliphatic rings. The van der Waals surface area contributed by atoms with Gasteiger partial charge in [-0.3, -0.25) is 10.1 Å². The summed E-state index contributed by atoms with van der Waals surface area (Å²) < 4.78 is 5.99. The molecule has 0 aliphatic carbocycles. The van der Waals surface area contributed by atoms with Gasteiger partial charge in [-0.15, -0.1) is 10.2 Å². The summed E-state index contributed by atoms with van der Waals surface area (Å²) in [4.78, 5) is 24.9. The smallest absolute Gasteiger partial charge is 0.408 e. The molecule has 162 valence electrons. The summed E-state index contributed by atoms with van der Waals surface area (Å²) in [6.45, 7) is 3.84. The van der Waals surface area contributed by atoms with Crippen LogP contribution in [0.5, 0.6) is 0 Å². The number of alkyl carbamates (subject to hydrolysis) is 1. The van der Waals surface area contributed by atoms with Crippen LogP contribution in [0.3, 0.4) is 0 Å². The van der Waals surface area contributed by atoms with Gasteiger partial charge in [-0.2, -0.15) is 0 Å². The second-order valence-corrected chi connectivity index (χ2v) is 9.26. The normalized spacial score (nSPS) is 11.7. The van der Waals surface area contributed by atoms with Gasteiger partial charge in [-0.1, -0.05) is 97.6 Å². The molecule has 2 N–H and O–H groups in total. The van der Waals surface area contributed by atoms with E-state index in [-0.39, 0.29) is 18.4 Å². The Morgan fingerprint density at radius 2 is 1.65 bits per heavy atom. The van der Waals surface area contributed by atoms with Gasteiger partial charge in [0.1, 0.15) is 12.6 Å². The van der Waals surface area contributed by atoms with E-state index < -0.39 is 12.1 Å². The van der Waals surface area contributed by atoms with E-state index in [1.54, 1.807) is 11.8 Å². The molecule has 1 atom stereocenters. The van der Waals surface area contributed by atoms with Crippen molar-refractivity contribution in [3.63, 3.8) is 0 Å². The van der Waals surface area contributed by atoms with Gasteiger partial charge in [0, 0.05) is 5.75 Å². The molecule has 0 saturated heterocycles. The monoisotopic (exact) mass is 456 g/mol. The third-order valence-corrected chi connectivity index (χ3v) is 6.32. The minimum absolute atomic E-state index is 0.135. The molecule has 0 fully saturated rings. The quantitative estimate of drug-likeness (QED) is 0.357. The van der Waals surface area contributed by atoms with Crippen molar-refractivity contribution in [2.24, 2.45) is 5.92 Å². The van der Waals surface area contributed by atoms with E-state index in [1.165, 1.54) is 16.9 Å². The summed E-state index contributed by atoms with van der Waals surface area (Å²) in [5.41, 5.74) is 2.06. The van der Waals surface area contributed by atoms with Crippen molar-refractivity contribution in [1.29, 1.82) is 0 Å². The number of carbonyl (C=O) groups is 2. The molecule has 3 rings (SSSR count). The average molecular weight is 457 g/mol. The van der Waals surface area contributed by atoms with Crippen LogP contribution in [0.25, 0.3) is 0 Å². The maximum Gasteiger partial charge on any atom is 0.408 e. The van der Waals surface area contributed by atoms with Crippen LogP contribution in [-0.2, 0) is 21.9 Å². The first-order chi connectivity index (χ1) is 15.0. The number of benzene rings is 2. The first-order valence-corrected chi connectivity index (χ1v) is 11.6. The zero-order valence-electron chi connectivity index (χ0n) is 17.3. The fraction of sp³-hybridized carbons (Fsp3) is 0.273. The van der Waals surface area contributed by atoms with Crippen LogP contribution in [0.15, 0.2) is 65.0 Å². The van der Waals surface area contributed by atoms with Gasteiger partial charge in [-0.05, 0) is 17.0 Å². The number of hydrogen-bond donors (Lipinski definition) is 2. The molecule has 0 spiro atoms. The first-order valence-electron chi connectivity index (χ1n) is 9.79. The number of thioether (sulfide) groups is 1. The number of amides is 2. The molecule has 7 nitrogen and oxygen atoms in total. The van der Waals surface area contributed by atoms with Gasteiger partial charge in [0.05, 0.1) is 0 Å². The fourth-order valence-corrected chi connectivity index (χ4v) is 4.36. The molecular formula is C22H24N4O3S2. The zero-order valence-corrected chi connectivity index (χ0v) is 18.9.